The highest BCUT2D eigenvalue weighted by atomic mass is 16.1. The summed E-state index contributed by atoms with van der Waals surface area (Å²) in [6.07, 6.45) is 4.66. The number of piperazine rings is 3. The van der Waals surface area contributed by atoms with Gasteiger partial charge in [-0.15, -0.1) is 0 Å². The van der Waals surface area contributed by atoms with Gasteiger partial charge in [0, 0.05) is 45.1 Å². The van der Waals surface area contributed by atoms with Gasteiger partial charge in [0.05, 0.1) is 11.6 Å². The predicted octanol–water partition coefficient (Wildman–Crippen LogP) is -0.341. The van der Waals surface area contributed by atoms with E-state index < -0.39 is 0 Å². The molecule has 5 heteroatoms. The summed E-state index contributed by atoms with van der Waals surface area (Å²) in [4.78, 5) is 24.7. The van der Waals surface area contributed by atoms with Crippen LogP contribution in [0.25, 0.3) is 0 Å². The summed E-state index contributed by atoms with van der Waals surface area (Å²) in [6, 6.07) is 0.00787. The second-order valence-electron chi connectivity index (χ2n) is 4.34. The fourth-order valence-corrected chi connectivity index (χ4v) is 2.49. The zero-order chi connectivity index (χ0) is 11.0. The van der Waals surface area contributed by atoms with Crippen molar-refractivity contribution >= 4 is 5.78 Å². The number of aromatic nitrogens is 2. The first kappa shape index (κ1) is 9.86. The molecule has 3 saturated heterocycles. The van der Waals surface area contributed by atoms with Crippen LogP contribution >= 0.6 is 0 Å². The van der Waals surface area contributed by atoms with Gasteiger partial charge in [0.2, 0.25) is 0 Å². The third-order valence-corrected chi connectivity index (χ3v) is 3.43. The molecule has 0 N–H and O–H groups in total. The summed E-state index contributed by atoms with van der Waals surface area (Å²) >= 11 is 0. The van der Waals surface area contributed by atoms with Gasteiger partial charge in [-0.2, -0.15) is 0 Å². The average molecular weight is 218 g/mol. The van der Waals surface area contributed by atoms with E-state index in [1.54, 1.807) is 12.4 Å². The lowest BCUT2D eigenvalue weighted by molar-refractivity contribution is 0.0159. The third-order valence-electron chi connectivity index (χ3n) is 3.43. The van der Waals surface area contributed by atoms with Crippen LogP contribution in [0.2, 0.25) is 0 Å². The summed E-state index contributed by atoms with van der Waals surface area (Å²) in [5.41, 5.74) is 0.626. The van der Waals surface area contributed by atoms with Crippen LogP contribution in [0.5, 0.6) is 0 Å². The topological polar surface area (TPSA) is 49.3 Å². The monoisotopic (exact) mass is 218 g/mol. The van der Waals surface area contributed by atoms with Crippen molar-refractivity contribution in [3.63, 3.8) is 0 Å². The molecular weight excluding hydrogens is 204 g/mol. The lowest BCUT2D eigenvalue weighted by Gasteiger charge is -2.46. The highest BCUT2D eigenvalue weighted by molar-refractivity contribution is 5.99. The second kappa shape index (κ2) is 3.92. The van der Waals surface area contributed by atoms with Crippen molar-refractivity contribution in [3.05, 3.63) is 24.3 Å². The number of hydrogen-bond donors (Lipinski definition) is 0. The molecule has 0 aliphatic carbocycles. The largest absolute Gasteiger partial charge is 0.299 e. The zero-order valence-electron chi connectivity index (χ0n) is 9.04. The minimum atomic E-state index is 0.00787. The second-order valence-corrected chi connectivity index (χ2v) is 4.34. The fourth-order valence-electron chi connectivity index (χ4n) is 2.49. The fraction of sp³-hybridized carbons (Fsp3) is 0.545. The van der Waals surface area contributed by atoms with Crippen LogP contribution in [-0.2, 0) is 0 Å². The van der Waals surface area contributed by atoms with Crippen LogP contribution in [0.1, 0.15) is 10.4 Å². The van der Waals surface area contributed by atoms with E-state index in [0.717, 1.165) is 32.7 Å². The van der Waals surface area contributed by atoms with E-state index in [0.29, 0.717) is 5.56 Å². The van der Waals surface area contributed by atoms with Crippen molar-refractivity contribution in [1.82, 2.24) is 19.8 Å². The minimum Gasteiger partial charge on any atom is -0.299 e. The van der Waals surface area contributed by atoms with Crippen molar-refractivity contribution < 1.29 is 4.79 Å². The molecule has 5 nitrogen and oxygen atoms in total. The molecule has 3 aliphatic rings. The summed E-state index contributed by atoms with van der Waals surface area (Å²) in [6.45, 7) is 5.05. The van der Waals surface area contributed by atoms with Gasteiger partial charge in [-0.25, -0.2) is 9.97 Å². The molecule has 0 radical (unpaired) electrons. The highest BCUT2D eigenvalue weighted by Crippen LogP contribution is 2.18. The number of fused-ring (bicyclic) bond motifs is 3. The summed E-state index contributed by atoms with van der Waals surface area (Å²) in [5.74, 6) is 0.157. The standard InChI is InChI=1S/C11H14N4O/c16-11(9-5-12-8-13-6-9)10-7-14-1-3-15(10)4-2-14/h5-6,8,10H,1-4,7H2. The Labute approximate surface area is 94.1 Å². The molecule has 4 rings (SSSR count). The Morgan fingerprint density at radius 2 is 1.88 bits per heavy atom. The van der Waals surface area contributed by atoms with Crippen molar-refractivity contribution in [2.75, 3.05) is 32.7 Å². The van der Waals surface area contributed by atoms with Crippen molar-refractivity contribution in [1.29, 1.82) is 0 Å². The Bertz CT molecular complexity index is 386. The Hall–Kier alpha value is -1.33. The lowest BCUT2D eigenvalue weighted by Crippen LogP contribution is -2.63. The van der Waals surface area contributed by atoms with E-state index in [1.807, 2.05) is 0 Å². The van der Waals surface area contributed by atoms with Gasteiger partial charge in [-0.05, 0) is 0 Å². The predicted molar refractivity (Wildman–Crippen MR) is 58.2 cm³/mol. The number of rotatable bonds is 2. The van der Waals surface area contributed by atoms with E-state index in [-0.39, 0.29) is 11.8 Å². The van der Waals surface area contributed by atoms with Gasteiger partial charge in [-0.1, -0.05) is 0 Å². The normalized spacial score (nSPS) is 32.6. The van der Waals surface area contributed by atoms with E-state index in [1.165, 1.54) is 6.33 Å². The van der Waals surface area contributed by atoms with E-state index >= 15 is 0 Å². The molecule has 0 amide bonds. The van der Waals surface area contributed by atoms with Gasteiger partial charge >= 0.3 is 0 Å². The first-order chi connectivity index (χ1) is 7.84. The van der Waals surface area contributed by atoms with Crippen LogP contribution in [0.15, 0.2) is 18.7 Å². The molecule has 2 bridgehead atoms. The Kier molecular flexibility index (Phi) is 2.41. The summed E-state index contributed by atoms with van der Waals surface area (Å²) in [7, 11) is 0. The SMILES string of the molecule is O=C(c1cncnc1)C1CN2CCN1CC2. The number of Topliss-reactive ketones (excluding diaryl/α,β-unsaturated/α-hetero) is 1. The van der Waals surface area contributed by atoms with Crippen LogP contribution in [-0.4, -0.2) is 64.3 Å². The van der Waals surface area contributed by atoms with Gasteiger partial charge < -0.3 is 0 Å². The number of nitrogens with zero attached hydrogens (tertiary/aromatic N) is 4. The Balaban J connectivity index is 1.81. The Morgan fingerprint density at radius 1 is 1.19 bits per heavy atom. The Morgan fingerprint density at radius 3 is 2.44 bits per heavy atom. The van der Waals surface area contributed by atoms with Gasteiger partial charge in [0.15, 0.2) is 5.78 Å². The number of carbonyl (C=O) groups is 1. The lowest BCUT2D eigenvalue weighted by atomic mass is 10.0. The van der Waals surface area contributed by atoms with Crippen molar-refractivity contribution in [3.8, 4) is 0 Å². The van der Waals surface area contributed by atoms with E-state index in [2.05, 4.69) is 19.8 Å². The van der Waals surface area contributed by atoms with Crippen molar-refractivity contribution in [2.24, 2.45) is 0 Å². The average Bonchev–Trinajstić information content (AvgIpc) is 2.40. The maximum absolute atomic E-state index is 12.2. The number of carbonyl (C=O) groups excluding carboxylic acids is 1. The first-order valence-electron chi connectivity index (χ1n) is 5.60. The van der Waals surface area contributed by atoms with Crippen LogP contribution < -0.4 is 0 Å². The molecule has 3 fully saturated rings. The smallest absolute Gasteiger partial charge is 0.184 e. The van der Waals surface area contributed by atoms with Crippen LogP contribution in [0.3, 0.4) is 0 Å². The number of hydrogen-bond acceptors (Lipinski definition) is 5. The third kappa shape index (κ3) is 1.62. The molecule has 0 spiro atoms. The van der Waals surface area contributed by atoms with Crippen molar-refractivity contribution in [2.45, 2.75) is 6.04 Å². The molecule has 1 aromatic rings. The van der Waals surface area contributed by atoms with E-state index in [4.69, 9.17) is 0 Å². The molecule has 1 aromatic heterocycles. The van der Waals surface area contributed by atoms with Crippen LogP contribution in [0.4, 0.5) is 0 Å². The first-order valence-corrected chi connectivity index (χ1v) is 5.60. The quantitative estimate of drug-likeness (QED) is 0.636. The van der Waals surface area contributed by atoms with Gasteiger partial charge in [0.1, 0.15) is 6.33 Å². The number of ketones is 1. The molecular formula is C11H14N4O. The van der Waals surface area contributed by atoms with Gasteiger partial charge in [0.25, 0.3) is 0 Å². The highest BCUT2D eigenvalue weighted by Gasteiger charge is 2.36. The molecule has 4 heterocycles. The van der Waals surface area contributed by atoms with E-state index in [9.17, 15) is 4.79 Å². The molecule has 0 saturated carbocycles. The molecule has 1 atom stereocenters. The molecule has 16 heavy (non-hydrogen) atoms. The minimum absolute atomic E-state index is 0.00787. The molecule has 1 unspecified atom stereocenters. The summed E-state index contributed by atoms with van der Waals surface area (Å²) < 4.78 is 0. The molecule has 3 aliphatic heterocycles. The molecule has 0 aromatic carbocycles. The molecule has 84 valence electrons. The van der Waals surface area contributed by atoms with Gasteiger partial charge in [-0.3, -0.25) is 14.6 Å². The maximum Gasteiger partial charge on any atom is 0.184 e. The summed E-state index contributed by atoms with van der Waals surface area (Å²) in [5, 5.41) is 0. The van der Waals surface area contributed by atoms with Crippen LogP contribution in [0, 0.1) is 0 Å². The maximum atomic E-state index is 12.2. The zero-order valence-corrected chi connectivity index (χ0v) is 9.04.